The zero-order valence-electron chi connectivity index (χ0n) is 17.1. The number of thiazole rings is 1. The summed E-state index contributed by atoms with van der Waals surface area (Å²) >= 11 is 7.71. The Kier molecular flexibility index (Phi) is 6.31. The lowest BCUT2D eigenvalue weighted by Crippen LogP contribution is -3.13. The summed E-state index contributed by atoms with van der Waals surface area (Å²) in [5, 5.41) is 15.9. The van der Waals surface area contributed by atoms with Gasteiger partial charge in [0.05, 0.1) is 28.3 Å². The number of hydrogen-bond acceptors (Lipinski definition) is 7. The van der Waals surface area contributed by atoms with Crippen LogP contribution in [-0.4, -0.2) is 27.1 Å². The zero-order chi connectivity index (χ0) is 24.1. The molecule has 2 aromatic heterocycles. The third-order valence-electron chi connectivity index (χ3n) is 5.33. The first-order chi connectivity index (χ1) is 15.5. The Morgan fingerprint density at radius 3 is 2.73 bits per heavy atom. The number of hydroxylamine groups is 2. The molecule has 0 radical (unpaired) electrons. The highest BCUT2D eigenvalue weighted by atomic mass is 35.5. The van der Waals surface area contributed by atoms with Gasteiger partial charge in [-0.15, -0.1) is 11.3 Å². The summed E-state index contributed by atoms with van der Waals surface area (Å²) in [6.45, 7) is 3.23. The number of amides is 1. The van der Waals surface area contributed by atoms with Crippen LogP contribution in [0.15, 0.2) is 23.6 Å². The van der Waals surface area contributed by atoms with Gasteiger partial charge >= 0.3 is 6.18 Å². The first-order valence-corrected chi connectivity index (χ1v) is 11.7. The van der Waals surface area contributed by atoms with Gasteiger partial charge < -0.3 is 15.6 Å². The average molecular weight is 517 g/mol. The fraction of sp³-hybridized carbons (Fsp3) is 0.300. The maximum atomic E-state index is 13.1. The first kappa shape index (κ1) is 23.8. The summed E-state index contributed by atoms with van der Waals surface area (Å²) in [6.07, 6.45) is -4.74. The van der Waals surface area contributed by atoms with Crippen molar-refractivity contribution in [3.05, 3.63) is 55.5 Å². The van der Waals surface area contributed by atoms with Gasteiger partial charge in [-0.05, 0) is 37.5 Å². The van der Waals surface area contributed by atoms with Crippen LogP contribution < -0.4 is 10.4 Å². The predicted octanol–water partition coefficient (Wildman–Crippen LogP) is 4.15. The number of hydrogen-bond donors (Lipinski definition) is 2. The summed E-state index contributed by atoms with van der Waals surface area (Å²) in [4.78, 5) is 29.8. The van der Waals surface area contributed by atoms with Crippen LogP contribution in [0.1, 0.15) is 46.4 Å². The quantitative estimate of drug-likeness (QED) is 0.508. The molecule has 1 aliphatic rings. The smallest absolute Gasteiger partial charge is 0.417 e. The maximum absolute atomic E-state index is 13.1. The molecule has 4 rings (SSSR count). The van der Waals surface area contributed by atoms with Gasteiger partial charge in [-0.1, -0.05) is 17.7 Å². The lowest BCUT2D eigenvalue weighted by atomic mass is 9.93. The molecule has 1 amide bonds. The molecule has 33 heavy (non-hydrogen) atoms. The van der Waals surface area contributed by atoms with Crippen LogP contribution in [0.25, 0.3) is 11.3 Å². The predicted molar refractivity (Wildman–Crippen MR) is 119 cm³/mol. The number of aromatic nitrogens is 2. The monoisotopic (exact) mass is 516 g/mol. The summed E-state index contributed by atoms with van der Waals surface area (Å²) < 4.78 is 43.6. The molecular formula is C20H16ClF3N4O3S2. The van der Waals surface area contributed by atoms with Gasteiger partial charge in [0.1, 0.15) is 17.8 Å². The fourth-order valence-electron chi connectivity index (χ4n) is 3.55. The summed E-state index contributed by atoms with van der Waals surface area (Å²) in [5.41, 5.74) is 0.218. The maximum Gasteiger partial charge on any atom is 0.417 e. The number of benzene rings is 1. The zero-order valence-corrected chi connectivity index (χ0v) is 19.5. The van der Waals surface area contributed by atoms with Crippen molar-refractivity contribution in [2.75, 3.05) is 5.32 Å². The number of halogens is 4. The van der Waals surface area contributed by atoms with Crippen molar-refractivity contribution < 1.29 is 27.8 Å². The Morgan fingerprint density at radius 1 is 1.30 bits per heavy atom. The van der Waals surface area contributed by atoms with E-state index in [-0.39, 0.29) is 33.7 Å². The van der Waals surface area contributed by atoms with E-state index >= 15 is 0 Å². The molecule has 0 saturated heterocycles. The molecule has 3 aromatic rings. The van der Waals surface area contributed by atoms with E-state index in [4.69, 9.17) is 11.6 Å². The lowest BCUT2D eigenvalue weighted by molar-refractivity contribution is -0.895. The van der Waals surface area contributed by atoms with E-state index in [2.05, 4.69) is 14.7 Å². The Hall–Kier alpha value is -2.38. The van der Waals surface area contributed by atoms with Crippen LogP contribution in [0, 0.1) is 5.21 Å². The number of alkyl halides is 3. The van der Waals surface area contributed by atoms with Crippen molar-refractivity contribution >= 4 is 51.3 Å². The molecule has 3 unspecified atom stereocenters. The van der Waals surface area contributed by atoms with Gasteiger partial charge in [-0.3, -0.25) is 9.59 Å². The van der Waals surface area contributed by atoms with Crippen LogP contribution in [-0.2, 0) is 17.4 Å². The second kappa shape index (κ2) is 8.76. The number of ketones is 1. The van der Waals surface area contributed by atoms with E-state index < -0.39 is 34.8 Å². The third kappa shape index (κ3) is 4.53. The van der Waals surface area contributed by atoms with Gasteiger partial charge in [0.15, 0.2) is 5.13 Å². The van der Waals surface area contributed by atoms with Gasteiger partial charge in [-0.2, -0.15) is 17.5 Å². The number of anilines is 1. The molecule has 0 saturated carbocycles. The standard InChI is InChI=1S/C20H16ClF3N4O3S2/c1-8-17-16(18(30)9(2)28(8)31)14(33-27-17)6-15(29)26-19-25-13(7-32-19)10-3-4-12(21)11(5-10)20(22,23)24/h3-5,7-9,28H,6H2,1-2H3,(H,25,26,29). The summed E-state index contributed by atoms with van der Waals surface area (Å²) in [5.74, 6) is -0.802. The highest BCUT2D eigenvalue weighted by Crippen LogP contribution is 2.37. The van der Waals surface area contributed by atoms with Crippen LogP contribution in [0.5, 0.6) is 0 Å². The van der Waals surface area contributed by atoms with E-state index in [1.165, 1.54) is 11.4 Å². The van der Waals surface area contributed by atoms with E-state index in [0.29, 0.717) is 16.1 Å². The van der Waals surface area contributed by atoms with Crippen molar-refractivity contribution in [3.63, 3.8) is 0 Å². The van der Waals surface area contributed by atoms with Gasteiger partial charge in [0.2, 0.25) is 11.7 Å². The first-order valence-electron chi connectivity index (χ1n) is 9.66. The van der Waals surface area contributed by atoms with Crippen molar-refractivity contribution in [2.24, 2.45) is 0 Å². The number of nitrogens with one attached hydrogen (secondary N) is 2. The molecule has 1 aliphatic heterocycles. The number of carbonyl (C=O) groups excluding carboxylic acids is 2. The topological polar surface area (TPSA) is 99.5 Å². The van der Waals surface area contributed by atoms with E-state index in [0.717, 1.165) is 35.0 Å². The average Bonchev–Trinajstić information content (AvgIpc) is 3.37. The molecule has 174 valence electrons. The van der Waals surface area contributed by atoms with Crippen molar-refractivity contribution in [1.82, 2.24) is 9.36 Å². The molecule has 3 atom stereocenters. The molecule has 7 nitrogen and oxygen atoms in total. The molecule has 0 fully saturated rings. The molecule has 0 bridgehead atoms. The fourth-order valence-corrected chi connectivity index (χ4v) is 5.46. The molecule has 0 aliphatic carbocycles. The minimum Gasteiger partial charge on any atom is -0.633 e. The highest BCUT2D eigenvalue weighted by Gasteiger charge is 2.39. The molecule has 2 N–H and O–H groups in total. The number of fused-ring (bicyclic) bond motifs is 1. The van der Waals surface area contributed by atoms with Crippen molar-refractivity contribution in [3.8, 4) is 11.3 Å². The Labute approximate surface area is 199 Å². The van der Waals surface area contributed by atoms with E-state index in [9.17, 15) is 28.0 Å². The van der Waals surface area contributed by atoms with Crippen molar-refractivity contribution in [1.29, 1.82) is 0 Å². The molecule has 3 heterocycles. The lowest BCUT2D eigenvalue weighted by Gasteiger charge is -2.36. The van der Waals surface area contributed by atoms with Gasteiger partial charge in [0.25, 0.3) is 0 Å². The van der Waals surface area contributed by atoms with Crippen LogP contribution in [0.4, 0.5) is 18.3 Å². The molecule has 13 heteroatoms. The largest absolute Gasteiger partial charge is 0.633 e. The minimum atomic E-state index is -4.61. The summed E-state index contributed by atoms with van der Waals surface area (Å²) in [7, 11) is 0. The third-order valence-corrected chi connectivity index (χ3v) is 7.28. The number of rotatable bonds is 4. The van der Waals surface area contributed by atoms with Gasteiger partial charge in [0, 0.05) is 15.8 Å². The van der Waals surface area contributed by atoms with E-state index in [1.54, 1.807) is 13.8 Å². The van der Waals surface area contributed by atoms with Crippen molar-refractivity contribution in [2.45, 2.75) is 38.5 Å². The Morgan fingerprint density at radius 2 is 2.03 bits per heavy atom. The SMILES string of the molecule is CC1C(=O)c2c(nsc2CC(=O)Nc2nc(-c3ccc(Cl)c(C(F)(F)F)c3)cs2)C(C)[NH+]1[O-]. The number of quaternary nitrogens is 1. The normalized spacial score (nSPS) is 20.6. The van der Waals surface area contributed by atoms with E-state index in [1.807, 2.05) is 0 Å². The number of carbonyl (C=O) groups is 2. The van der Waals surface area contributed by atoms with Crippen LogP contribution in [0.3, 0.4) is 0 Å². The Balaban J connectivity index is 1.50. The second-order valence-corrected chi connectivity index (χ2v) is 9.65. The number of nitrogens with zero attached hydrogens (tertiary/aromatic N) is 2. The minimum absolute atomic E-state index is 0.138. The summed E-state index contributed by atoms with van der Waals surface area (Å²) in [6, 6.07) is 2.17. The number of Topliss-reactive ketones (excluding diaryl/α,β-unsaturated/α-hetero) is 1. The molecular weight excluding hydrogens is 501 g/mol. The van der Waals surface area contributed by atoms with Crippen LogP contribution >= 0.6 is 34.5 Å². The molecule has 1 aromatic carbocycles. The second-order valence-electron chi connectivity index (χ2n) is 7.53. The van der Waals surface area contributed by atoms with Gasteiger partial charge in [-0.25, -0.2) is 4.98 Å². The molecule has 0 spiro atoms. The Bertz CT molecular complexity index is 1240. The van der Waals surface area contributed by atoms with Crippen LogP contribution in [0.2, 0.25) is 5.02 Å². The highest BCUT2D eigenvalue weighted by molar-refractivity contribution is 7.14.